The van der Waals surface area contributed by atoms with Crippen LogP contribution in [-0.2, 0) is 30.8 Å². The molecule has 0 unspecified atom stereocenters. The number of rotatable bonds is 6. The molecule has 2 amide bonds. The molecule has 2 saturated heterocycles. The molecule has 31 heavy (non-hydrogen) atoms. The molecule has 3 fully saturated rings. The molecule has 1 aliphatic carbocycles. The largest absolute Gasteiger partial charge is 0.495 e. The molecule has 0 N–H and O–H groups in total. The van der Waals surface area contributed by atoms with Gasteiger partial charge in [-0.05, 0) is 30.5 Å². The third-order valence-corrected chi connectivity index (χ3v) is 7.96. The fourth-order valence-electron chi connectivity index (χ4n) is 4.01. The van der Waals surface area contributed by atoms with Gasteiger partial charge in [0.1, 0.15) is 10.6 Å². The summed E-state index contributed by atoms with van der Waals surface area (Å²) in [4.78, 5) is 28.7. The highest BCUT2D eigenvalue weighted by Gasteiger charge is 2.35. The van der Waals surface area contributed by atoms with Crippen molar-refractivity contribution < 1.29 is 27.5 Å². The first-order valence-corrected chi connectivity index (χ1v) is 12.2. The van der Waals surface area contributed by atoms with Gasteiger partial charge in [-0.2, -0.15) is 4.31 Å². The van der Waals surface area contributed by atoms with Crippen molar-refractivity contribution in [3.8, 4) is 5.75 Å². The summed E-state index contributed by atoms with van der Waals surface area (Å²) in [5, 5.41) is 0. The highest BCUT2D eigenvalue weighted by atomic mass is 32.2. The highest BCUT2D eigenvalue weighted by Crippen LogP contribution is 2.31. The number of carbonyl (C=O) groups is 2. The predicted molar refractivity (Wildman–Crippen MR) is 112 cm³/mol. The topological polar surface area (TPSA) is 96.5 Å². The molecule has 2 heterocycles. The second-order valence-electron chi connectivity index (χ2n) is 8.16. The number of morpholine rings is 1. The molecule has 2 aliphatic heterocycles. The van der Waals surface area contributed by atoms with Gasteiger partial charge < -0.3 is 19.3 Å². The zero-order chi connectivity index (χ0) is 22.0. The summed E-state index contributed by atoms with van der Waals surface area (Å²) in [6, 6.07) is 4.86. The Balaban J connectivity index is 1.43. The van der Waals surface area contributed by atoms with Crippen LogP contribution in [-0.4, -0.2) is 93.9 Å². The second-order valence-corrected chi connectivity index (χ2v) is 10.1. The minimum Gasteiger partial charge on any atom is -0.495 e. The lowest BCUT2D eigenvalue weighted by Gasteiger charge is -2.35. The fraction of sp³-hybridized carbons (Fsp3) is 0.619. The van der Waals surface area contributed by atoms with Crippen molar-refractivity contribution in [3.05, 3.63) is 23.8 Å². The van der Waals surface area contributed by atoms with E-state index in [9.17, 15) is 18.0 Å². The Bertz CT molecular complexity index is 932. The normalized spacial score (nSPS) is 20.5. The molecule has 9 nitrogen and oxygen atoms in total. The average Bonchev–Trinajstić information content (AvgIpc) is 3.65. The van der Waals surface area contributed by atoms with E-state index in [-0.39, 0.29) is 34.8 Å². The maximum Gasteiger partial charge on any atom is 0.246 e. The summed E-state index contributed by atoms with van der Waals surface area (Å²) in [7, 11) is -2.32. The first-order valence-electron chi connectivity index (χ1n) is 10.7. The predicted octanol–water partition coefficient (Wildman–Crippen LogP) is 0.339. The lowest BCUT2D eigenvalue weighted by Crippen LogP contribution is -2.51. The minimum absolute atomic E-state index is 0.0709. The molecule has 10 heteroatoms. The van der Waals surface area contributed by atoms with E-state index in [4.69, 9.17) is 9.47 Å². The molecule has 4 rings (SSSR count). The lowest BCUT2D eigenvalue weighted by molar-refractivity contribution is -0.140. The molecule has 0 aromatic heterocycles. The number of hydrogen-bond donors (Lipinski definition) is 0. The van der Waals surface area contributed by atoms with Gasteiger partial charge in [0.25, 0.3) is 0 Å². The number of carbonyl (C=O) groups excluding carboxylic acids is 2. The maximum absolute atomic E-state index is 13.1. The van der Waals surface area contributed by atoms with Gasteiger partial charge in [-0.25, -0.2) is 8.42 Å². The molecule has 0 atom stereocenters. The highest BCUT2D eigenvalue weighted by molar-refractivity contribution is 7.89. The van der Waals surface area contributed by atoms with Gasteiger partial charge in [0.05, 0.1) is 26.7 Å². The van der Waals surface area contributed by atoms with Crippen molar-refractivity contribution in [1.29, 1.82) is 0 Å². The molecule has 170 valence electrons. The first-order chi connectivity index (χ1) is 14.9. The van der Waals surface area contributed by atoms with Crippen LogP contribution in [0.15, 0.2) is 23.1 Å². The number of benzene rings is 1. The number of piperazine rings is 1. The summed E-state index contributed by atoms with van der Waals surface area (Å²) in [5.74, 6) is 0.585. The van der Waals surface area contributed by atoms with Gasteiger partial charge in [0.15, 0.2) is 0 Å². The smallest absolute Gasteiger partial charge is 0.246 e. The molecule has 3 aliphatic rings. The van der Waals surface area contributed by atoms with Crippen molar-refractivity contribution in [2.75, 3.05) is 59.6 Å². The third-order valence-electron chi connectivity index (χ3n) is 6.04. The monoisotopic (exact) mass is 451 g/mol. The third kappa shape index (κ3) is 4.86. The van der Waals surface area contributed by atoms with E-state index in [2.05, 4.69) is 0 Å². The van der Waals surface area contributed by atoms with Crippen LogP contribution in [0.4, 0.5) is 0 Å². The van der Waals surface area contributed by atoms with Crippen LogP contribution in [0.25, 0.3) is 0 Å². The van der Waals surface area contributed by atoms with Gasteiger partial charge in [0, 0.05) is 45.2 Å². The quantitative estimate of drug-likeness (QED) is 0.619. The molecular weight excluding hydrogens is 422 g/mol. The number of nitrogens with zero attached hydrogens (tertiary/aromatic N) is 3. The Morgan fingerprint density at radius 1 is 1.03 bits per heavy atom. The van der Waals surface area contributed by atoms with Crippen LogP contribution in [0.5, 0.6) is 5.75 Å². The van der Waals surface area contributed by atoms with Crippen LogP contribution in [0.2, 0.25) is 0 Å². The van der Waals surface area contributed by atoms with Crippen LogP contribution in [0.1, 0.15) is 18.4 Å². The van der Waals surface area contributed by atoms with Crippen LogP contribution >= 0.6 is 0 Å². The Hall–Kier alpha value is -2.17. The Labute approximate surface area is 182 Å². The van der Waals surface area contributed by atoms with Crippen LogP contribution < -0.4 is 4.74 Å². The summed E-state index contributed by atoms with van der Waals surface area (Å²) in [6.45, 7) is 3.42. The van der Waals surface area contributed by atoms with Gasteiger partial charge in [-0.3, -0.25) is 9.59 Å². The first kappa shape index (κ1) is 22.0. The SMILES string of the molecule is COc1ccc(CC(=O)N2CCN(C(=O)C3CC3)CC2)cc1S(=O)(=O)N1CCOCC1. The Kier molecular flexibility index (Phi) is 6.49. The average molecular weight is 452 g/mol. The van der Waals surface area contributed by atoms with Crippen molar-refractivity contribution in [2.45, 2.75) is 24.2 Å². The maximum atomic E-state index is 13.1. The van der Waals surface area contributed by atoms with Gasteiger partial charge >= 0.3 is 0 Å². The zero-order valence-electron chi connectivity index (χ0n) is 17.8. The Morgan fingerprint density at radius 3 is 2.29 bits per heavy atom. The van der Waals surface area contributed by atoms with E-state index in [1.54, 1.807) is 17.0 Å². The molecule has 0 spiro atoms. The molecular formula is C21H29N3O6S. The van der Waals surface area contributed by atoms with Crippen molar-refractivity contribution in [1.82, 2.24) is 14.1 Å². The summed E-state index contributed by atoms with van der Waals surface area (Å²) >= 11 is 0. The summed E-state index contributed by atoms with van der Waals surface area (Å²) < 4.78 is 38.2. The van der Waals surface area contributed by atoms with Crippen molar-refractivity contribution in [3.63, 3.8) is 0 Å². The number of ether oxygens (including phenoxy) is 2. The van der Waals surface area contributed by atoms with E-state index < -0.39 is 10.0 Å². The van der Waals surface area contributed by atoms with Crippen molar-refractivity contribution >= 4 is 21.8 Å². The number of amides is 2. The molecule has 0 bridgehead atoms. The molecule has 0 radical (unpaired) electrons. The van der Waals surface area contributed by atoms with Crippen LogP contribution in [0.3, 0.4) is 0 Å². The number of sulfonamides is 1. The van der Waals surface area contributed by atoms with E-state index in [0.29, 0.717) is 58.0 Å². The Morgan fingerprint density at radius 2 is 1.68 bits per heavy atom. The number of methoxy groups -OCH3 is 1. The van der Waals surface area contributed by atoms with Crippen LogP contribution in [0, 0.1) is 5.92 Å². The van der Waals surface area contributed by atoms with E-state index in [1.165, 1.54) is 17.5 Å². The van der Waals surface area contributed by atoms with E-state index >= 15 is 0 Å². The summed E-state index contributed by atoms with van der Waals surface area (Å²) in [6.07, 6.45) is 2.06. The zero-order valence-corrected chi connectivity index (χ0v) is 18.6. The van der Waals surface area contributed by atoms with E-state index in [1.807, 2.05) is 4.90 Å². The van der Waals surface area contributed by atoms with Gasteiger partial charge in [-0.1, -0.05) is 6.07 Å². The van der Waals surface area contributed by atoms with E-state index in [0.717, 1.165) is 12.8 Å². The minimum atomic E-state index is -3.75. The molecule has 1 aromatic carbocycles. The standard InChI is InChI=1S/C21H29N3O6S/c1-29-18-5-2-16(14-19(18)31(27,28)24-10-12-30-13-11-24)15-20(25)22-6-8-23(9-7-22)21(26)17-3-4-17/h2,5,14,17H,3-4,6-13,15H2,1H3. The summed E-state index contributed by atoms with van der Waals surface area (Å²) in [5.41, 5.74) is 0.620. The fourth-order valence-corrected chi connectivity index (χ4v) is 5.62. The number of hydrogen-bond acceptors (Lipinski definition) is 6. The second kappa shape index (κ2) is 9.13. The van der Waals surface area contributed by atoms with Gasteiger partial charge in [-0.15, -0.1) is 0 Å². The van der Waals surface area contributed by atoms with Gasteiger partial charge in [0.2, 0.25) is 21.8 Å². The van der Waals surface area contributed by atoms with Crippen molar-refractivity contribution in [2.24, 2.45) is 5.92 Å². The molecule has 1 saturated carbocycles. The lowest BCUT2D eigenvalue weighted by atomic mass is 10.1. The molecule has 1 aromatic rings.